The summed E-state index contributed by atoms with van der Waals surface area (Å²) in [5, 5.41) is 2.93. The fourth-order valence-electron chi connectivity index (χ4n) is 3.64. The largest absolute Gasteiger partial charge is 0.326 e. The van der Waals surface area contributed by atoms with E-state index in [4.69, 9.17) is 0 Å². The van der Waals surface area contributed by atoms with E-state index in [0.29, 0.717) is 18.5 Å². The number of benzene rings is 1. The van der Waals surface area contributed by atoms with Gasteiger partial charge in [0.1, 0.15) is 0 Å². The van der Waals surface area contributed by atoms with E-state index in [9.17, 15) is 9.59 Å². The van der Waals surface area contributed by atoms with Crippen molar-refractivity contribution in [3.63, 3.8) is 0 Å². The van der Waals surface area contributed by atoms with Crippen molar-refractivity contribution >= 4 is 17.4 Å². The molecule has 0 fully saturated rings. The molecule has 0 heterocycles. The van der Waals surface area contributed by atoms with Crippen molar-refractivity contribution in [2.45, 2.75) is 96.8 Å². The molecule has 0 aliphatic carbocycles. The second-order valence-corrected chi connectivity index (χ2v) is 8.78. The van der Waals surface area contributed by atoms with Gasteiger partial charge in [0.15, 0.2) is 5.78 Å². The van der Waals surface area contributed by atoms with Crippen molar-refractivity contribution in [1.82, 2.24) is 4.90 Å². The summed E-state index contributed by atoms with van der Waals surface area (Å²) in [6, 6.07) is 7.19. The Morgan fingerprint density at radius 3 is 1.67 bits per heavy atom. The number of ketones is 1. The predicted molar refractivity (Wildman–Crippen MR) is 128 cm³/mol. The number of likely N-dealkylation sites (N-methyl/N-ethyl adjacent to an activating group) is 1. The van der Waals surface area contributed by atoms with Crippen LogP contribution in [0.25, 0.3) is 0 Å². The van der Waals surface area contributed by atoms with Crippen LogP contribution in [0.15, 0.2) is 24.3 Å². The molecule has 1 aromatic rings. The van der Waals surface area contributed by atoms with Crippen LogP contribution in [-0.2, 0) is 4.79 Å². The van der Waals surface area contributed by atoms with E-state index in [0.717, 1.165) is 18.5 Å². The zero-order chi connectivity index (χ0) is 22.0. The first-order chi connectivity index (χ1) is 14.5. The number of anilines is 1. The van der Waals surface area contributed by atoms with E-state index >= 15 is 0 Å². The third kappa shape index (κ3) is 13.5. The number of nitrogens with zero attached hydrogens (tertiary/aromatic N) is 1. The Labute approximate surface area is 184 Å². The highest BCUT2D eigenvalue weighted by molar-refractivity contribution is 5.98. The van der Waals surface area contributed by atoms with Crippen molar-refractivity contribution in [3.8, 4) is 0 Å². The minimum atomic E-state index is 0.0606. The first-order valence-corrected chi connectivity index (χ1v) is 12.1. The van der Waals surface area contributed by atoms with Crippen molar-refractivity contribution in [2.75, 3.05) is 26.0 Å². The fraction of sp³-hybridized carbons (Fsp3) is 0.692. The van der Waals surface area contributed by atoms with E-state index in [1.807, 2.05) is 31.1 Å². The molecule has 0 unspecified atom stereocenters. The average molecular weight is 417 g/mol. The molecule has 1 aromatic carbocycles. The first-order valence-electron chi connectivity index (χ1n) is 12.1. The number of carbonyl (C=O) groups is 2. The molecule has 0 aliphatic heterocycles. The predicted octanol–water partition coefficient (Wildman–Crippen LogP) is 6.85. The van der Waals surface area contributed by atoms with Gasteiger partial charge in [0.05, 0.1) is 6.54 Å². The van der Waals surface area contributed by atoms with Gasteiger partial charge in [-0.1, -0.05) is 84.0 Å². The van der Waals surface area contributed by atoms with Gasteiger partial charge in [0.2, 0.25) is 5.91 Å². The van der Waals surface area contributed by atoms with Gasteiger partial charge < -0.3 is 10.2 Å². The quantitative estimate of drug-likeness (QED) is 0.210. The number of rotatable bonds is 18. The summed E-state index contributed by atoms with van der Waals surface area (Å²) in [6.07, 6.45) is 17.6. The number of hydrogen-bond donors (Lipinski definition) is 1. The molecule has 1 amide bonds. The highest BCUT2D eigenvalue weighted by Gasteiger charge is 2.08. The number of unbranched alkanes of at least 4 members (excludes halogenated alkanes) is 12. The van der Waals surface area contributed by atoms with Gasteiger partial charge >= 0.3 is 0 Å². The van der Waals surface area contributed by atoms with E-state index in [1.165, 1.54) is 70.6 Å². The van der Waals surface area contributed by atoms with Crippen LogP contribution in [-0.4, -0.2) is 37.2 Å². The van der Waals surface area contributed by atoms with E-state index in [2.05, 4.69) is 12.2 Å². The fourth-order valence-corrected chi connectivity index (χ4v) is 3.64. The van der Waals surface area contributed by atoms with Crippen molar-refractivity contribution < 1.29 is 9.59 Å². The number of carbonyl (C=O) groups excluding carboxylic acids is 2. The Hall–Kier alpha value is -1.68. The molecule has 0 spiro atoms. The molecule has 0 aromatic heterocycles. The van der Waals surface area contributed by atoms with Crippen LogP contribution in [0, 0.1) is 0 Å². The van der Waals surface area contributed by atoms with Crippen LogP contribution in [0.5, 0.6) is 0 Å². The number of nitrogens with one attached hydrogen (secondary N) is 1. The Morgan fingerprint density at radius 2 is 1.20 bits per heavy atom. The van der Waals surface area contributed by atoms with Crippen LogP contribution >= 0.6 is 0 Å². The molecule has 0 aliphatic rings. The van der Waals surface area contributed by atoms with Gasteiger partial charge in [0, 0.05) is 17.7 Å². The highest BCUT2D eigenvalue weighted by Crippen LogP contribution is 2.14. The minimum Gasteiger partial charge on any atom is -0.326 e. The lowest BCUT2D eigenvalue weighted by atomic mass is 10.0. The zero-order valence-corrected chi connectivity index (χ0v) is 19.7. The summed E-state index contributed by atoms with van der Waals surface area (Å²) in [5.41, 5.74) is 1.44. The van der Waals surface area contributed by atoms with Crippen LogP contribution in [0.2, 0.25) is 0 Å². The van der Waals surface area contributed by atoms with Crippen molar-refractivity contribution in [2.24, 2.45) is 0 Å². The first kappa shape index (κ1) is 26.4. The zero-order valence-electron chi connectivity index (χ0n) is 19.7. The molecule has 0 bridgehead atoms. The maximum Gasteiger partial charge on any atom is 0.224 e. The van der Waals surface area contributed by atoms with Crippen LogP contribution in [0.1, 0.15) is 107 Å². The lowest BCUT2D eigenvalue weighted by Crippen LogP contribution is -2.21. The summed E-state index contributed by atoms with van der Waals surface area (Å²) < 4.78 is 0. The third-order valence-electron chi connectivity index (χ3n) is 5.46. The van der Waals surface area contributed by atoms with Gasteiger partial charge in [-0.3, -0.25) is 9.59 Å². The topological polar surface area (TPSA) is 49.4 Å². The second-order valence-electron chi connectivity index (χ2n) is 8.78. The van der Waals surface area contributed by atoms with Gasteiger partial charge in [-0.05, 0) is 44.8 Å². The van der Waals surface area contributed by atoms with E-state index < -0.39 is 0 Å². The monoisotopic (exact) mass is 416 g/mol. The molecule has 4 nitrogen and oxygen atoms in total. The van der Waals surface area contributed by atoms with E-state index in [1.54, 1.807) is 12.1 Å². The molecule has 170 valence electrons. The second kappa shape index (κ2) is 17.0. The van der Waals surface area contributed by atoms with Gasteiger partial charge in [-0.15, -0.1) is 0 Å². The summed E-state index contributed by atoms with van der Waals surface area (Å²) in [6.45, 7) is 2.66. The summed E-state index contributed by atoms with van der Waals surface area (Å²) in [4.78, 5) is 26.0. The SMILES string of the molecule is CCCCCCCCCCCCCCCC(=O)Nc1ccc(C(=O)CN(C)C)cc1. The van der Waals surface area contributed by atoms with Crippen molar-refractivity contribution in [3.05, 3.63) is 29.8 Å². The number of Topliss-reactive ketones (excluding diaryl/α,β-unsaturated/α-hetero) is 1. The maximum absolute atomic E-state index is 12.1. The van der Waals surface area contributed by atoms with Crippen LogP contribution in [0.3, 0.4) is 0 Å². The molecule has 30 heavy (non-hydrogen) atoms. The van der Waals surface area contributed by atoms with Gasteiger partial charge in [-0.25, -0.2) is 0 Å². The lowest BCUT2D eigenvalue weighted by molar-refractivity contribution is -0.116. The molecule has 0 saturated carbocycles. The Bertz CT molecular complexity index is 581. The highest BCUT2D eigenvalue weighted by atomic mass is 16.1. The standard InChI is InChI=1S/C26H44N2O2/c1-4-5-6-7-8-9-10-11-12-13-14-15-16-17-26(30)27-24-20-18-23(19-21-24)25(29)22-28(2)3/h18-21H,4-17,22H2,1-3H3,(H,27,30). The summed E-state index contributed by atoms with van der Waals surface area (Å²) in [5.74, 6) is 0.148. The number of hydrogen-bond acceptors (Lipinski definition) is 3. The average Bonchev–Trinajstić information content (AvgIpc) is 2.71. The van der Waals surface area contributed by atoms with Gasteiger partial charge in [-0.2, -0.15) is 0 Å². The normalized spacial score (nSPS) is 11.1. The molecular weight excluding hydrogens is 372 g/mol. The Morgan fingerprint density at radius 1 is 0.733 bits per heavy atom. The lowest BCUT2D eigenvalue weighted by Gasteiger charge is -2.09. The minimum absolute atomic E-state index is 0.0606. The molecule has 1 N–H and O–H groups in total. The Kier molecular flexibility index (Phi) is 15.0. The van der Waals surface area contributed by atoms with E-state index in [-0.39, 0.29) is 11.7 Å². The summed E-state index contributed by atoms with van der Waals surface area (Å²) >= 11 is 0. The smallest absolute Gasteiger partial charge is 0.224 e. The third-order valence-corrected chi connectivity index (χ3v) is 5.46. The molecule has 4 heteroatoms. The molecular formula is C26H44N2O2. The molecule has 0 saturated heterocycles. The Balaban J connectivity index is 2.01. The molecule has 1 rings (SSSR count). The van der Waals surface area contributed by atoms with Crippen LogP contribution < -0.4 is 5.32 Å². The maximum atomic E-state index is 12.1. The number of amides is 1. The molecule has 0 radical (unpaired) electrons. The van der Waals surface area contributed by atoms with Crippen molar-refractivity contribution in [1.29, 1.82) is 0 Å². The summed E-state index contributed by atoms with van der Waals surface area (Å²) in [7, 11) is 3.76. The molecule has 0 atom stereocenters. The van der Waals surface area contributed by atoms with Gasteiger partial charge in [0.25, 0.3) is 0 Å². The van der Waals surface area contributed by atoms with Crippen LogP contribution in [0.4, 0.5) is 5.69 Å².